The van der Waals surface area contributed by atoms with Crippen LogP contribution in [0.4, 0.5) is 5.69 Å². The van der Waals surface area contributed by atoms with E-state index in [2.05, 4.69) is 28.5 Å². The molecule has 0 aliphatic rings. The summed E-state index contributed by atoms with van der Waals surface area (Å²) in [6, 6.07) is 6.14. The van der Waals surface area contributed by atoms with Crippen LogP contribution in [0.2, 0.25) is 0 Å². The number of aromatic nitrogens is 2. The van der Waals surface area contributed by atoms with Crippen molar-refractivity contribution in [2.75, 3.05) is 12.4 Å². The van der Waals surface area contributed by atoms with E-state index >= 15 is 0 Å². The molecular weight excluding hydrogens is 226 g/mol. The van der Waals surface area contributed by atoms with Gasteiger partial charge in [-0.2, -0.15) is 5.10 Å². The number of methoxy groups -OCH3 is 1. The molecule has 0 fully saturated rings. The fourth-order valence-electron chi connectivity index (χ4n) is 1.96. The van der Waals surface area contributed by atoms with Crippen molar-refractivity contribution in [1.29, 1.82) is 0 Å². The van der Waals surface area contributed by atoms with Gasteiger partial charge in [0, 0.05) is 17.8 Å². The zero-order valence-corrected chi connectivity index (χ0v) is 11.3. The fraction of sp³-hybridized carbons (Fsp3) is 0.357. The Bertz CT molecular complexity index is 526. The summed E-state index contributed by atoms with van der Waals surface area (Å²) in [6.45, 7) is 6.83. The molecular formula is C14H19N3O. The molecule has 0 bridgehead atoms. The number of benzene rings is 1. The first-order valence-corrected chi connectivity index (χ1v) is 6.00. The van der Waals surface area contributed by atoms with Crippen LogP contribution in [0.15, 0.2) is 18.2 Å². The Hall–Kier alpha value is -1.97. The summed E-state index contributed by atoms with van der Waals surface area (Å²) in [5.41, 5.74) is 5.53. The number of nitrogens with one attached hydrogen (secondary N) is 2. The SMILES string of the molecule is COc1cc(C)ccc1NCc1c(C)n[nH]c1C. The van der Waals surface area contributed by atoms with E-state index in [1.54, 1.807) is 7.11 Å². The molecule has 18 heavy (non-hydrogen) atoms. The van der Waals surface area contributed by atoms with Crippen molar-refractivity contribution in [3.8, 4) is 5.75 Å². The average Bonchev–Trinajstić information content (AvgIpc) is 2.68. The molecule has 0 aliphatic carbocycles. The van der Waals surface area contributed by atoms with Gasteiger partial charge in [-0.25, -0.2) is 0 Å². The van der Waals surface area contributed by atoms with Gasteiger partial charge in [-0.15, -0.1) is 0 Å². The first-order chi connectivity index (χ1) is 8.61. The maximum Gasteiger partial charge on any atom is 0.142 e. The molecule has 0 spiro atoms. The normalized spacial score (nSPS) is 10.4. The van der Waals surface area contributed by atoms with Crippen LogP contribution < -0.4 is 10.1 Å². The monoisotopic (exact) mass is 245 g/mol. The van der Waals surface area contributed by atoms with E-state index in [0.29, 0.717) is 0 Å². The van der Waals surface area contributed by atoms with E-state index in [1.807, 2.05) is 26.0 Å². The predicted octanol–water partition coefficient (Wildman–Crippen LogP) is 2.96. The highest BCUT2D eigenvalue weighted by Crippen LogP contribution is 2.26. The zero-order chi connectivity index (χ0) is 13.1. The van der Waals surface area contributed by atoms with E-state index in [-0.39, 0.29) is 0 Å². The standard InChI is InChI=1S/C14H19N3O/c1-9-5-6-13(14(7-9)18-4)15-8-12-10(2)16-17-11(12)3/h5-7,15H,8H2,1-4H3,(H,16,17). The number of rotatable bonds is 4. The van der Waals surface area contributed by atoms with Crippen molar-refractivity contribution in [2.45, 2.75) is 27.3 Å². The van der Waals surface area contributed by atoms with Gasteiger partial charge in [-0.1, -0.05) is 6.07 Å². The molecule has 0 saturated heterocycles. The van der Waals surface area contributed by atoms with E-state index in [0.717, 1.165) is 29.4 Å². The summed E-state index contributed by atoms with van der Waals surface area (Å²) in [7, 11) is 1.69. The number of aromatic amines is 1. The Kier molecular flexibility index (Phi) is 3.55. The summed E-state index contributed by atoms with van der Waals surface area (Å²) in [6.07, 6.45) is 0. The van der Waals surface area contributed by atoms with Gasteiger partial charge < -0.3 is 10.1 Å². The molecule has 4 nitrogen and oxygen atoms in total. The van der Waals surface area contributed by atoms with Crippen LogP contribution in [0.1, 0.15) is 22.5 Å². The first-order valence-electron chi connectivity index (χ1n) is 6.00. The highest BCUT2D eigenvalue weighted by atomic mass is 16.5. The number of H-pyrrole nitrogens is 1. The van der Waals surface area contributed by atoms with Crippen molar-refractivity contribution in [2.24, 2.45) is 0 Å². The van der Waals surface area contributed by atoms with Crippen LogP contribution >= 0.6 is 0 Å². The minimum Gasteiger partial charge on any atom is -0.495 e. The molecule has 0 unspecified atom stereocenters. The fourth-order valence-corrected chi connectivity index (χ4v) is 1.96. The molecule has 2 rings (SSSR count). The Balaban J connectivity index is 2.15. The molecule has 1 heterocycles. The third-order valence-corrected chi connectivity index (χ3v) is 3.09. The topological polar surface area (TPSA) is 49.9 Å². The Morgan fingerprint density at radius 2 is 2.06 bits per heavy atom. The molecule has 0 saturated carbocycles. The average molecular weight is 245 g/mol. The first kappa shape index (κ1) is 12.5. The third-order valence-electron chi connectivity index (χ3n) is 3.09. The molecule has 1 aromatic heterocycles. The van der Waals surface area contributed by atoms with Gasteiger partial charge >= 0.3 is 0 Å². The van der Waals surface area contributed by atoms with Crippen molar-refractivity contribution in [1.82, 2.24) is 10.2 Å². The van der Waals surface area contributed by atoms with Gasteiger partial charge in [0.1, 0.15) is 5.75 Å². The lowest BCUT2D eigenvalue weighted by Gasteiger charge is -2.12. The molecule has 96 valence electrons. The number of anilines is 1. The van der Waals surface area contributed by atoms with Crippen LogP contribution in [-0.2, 0) is 6.54 Å². The molecule has 4 heteroatoms. The molecule has 1 aromatic carbocycles. The molecule has 2 N–H and O–H groups in total. The largest absolute Gasteiger partial charge is 0.495 e. The maximum atomic E-state index is 5.37. The Morgan fingerprint density at radius 1 is 1.28 bits per heavy atom. The number of hydrogen-bond donors (Lipinski definition) is 2. The molecule has 2 aromatic rings. The highest BCUT2D eigenvalue weighted by Gasteiger charge is 2.08. The zero-order valence-electron chi connectivity index (χ0n) is 11.3. The quantitative estimate of drug-likeness (QED) is 0.870. The maximum absolute atomic E-state index is 5.37. The third kappa shape index (κ3) is 2.47. The predicted molar refractivity (Wildman–Crippen MR) is 73.1 cm³/mol. The van der Waals surface area contributed by atoms with Crippen LogP contribution in [0.25, 0.3) is 0 Å². The second kappa shape index (κ2) is 5.12. The smallest absolute Gasteiger partial charge is 0.142 e. The molecule has 0 aliphatic heterocycles. The van der Waals surface area contributed by atoms with E-state index in [4.69, 9.17) is 4.74 Å². The summed E-state index contributed by atoms with van der Waals surface area (Å²) in [4.78, 5) is 0. The minimum absolute atomic E-state index is 0.744. The van der Waals surface area contributed by atoms with Gasteiger partial charge in [0.05, 0.1) is 18.5 Å². The number of hydrogen-bond acceptors (Lipinski definition) is 3. The highest BCUT2D eigenvalue weighted by molar-refractivity contribution is 5.58. The summed E-state index contributed by atoms with van der Waals surface area (Å²) >= 11 is 0. The Morgan fingerprint density at radius 3 is 2.67 bits per heavy atom. The Labute approximate surface area is 107 Å². The van der Waals surface area contributed by atoms with Crippen LogP contribution in [0, 0.1) is 20.8 Å². The lowest BCUT2D eigenvalue weighted by molar-refractivity contribution is 0.416. The molecule has 0 radical (unpaired) electrons. The van der Waals surface area contributed by atoms with Crippen molar-refractivity contribution < 1.29 is 4.74 Å². The van der Waals surface area contributed by atoms with Gasteiger partial charge in [-0.3, -0.25) is 5.10 Å². The van der Waals surface area contributed by atoms with Crippen LogP contribution in [0.5, 0.6) is 5.75 Å². The van der Waals surface area contributed by atoms with Gasteiger partial charge in [-0.05, 0) is 38.5 Å². The van der Waals surface area contributed by atoms with E-state index < -0.39 is 0 Å². The van der Waals surface area contributed by atoms with Crippen LogP contribution in [-0.4, -0.2) is 17.3 Å². The van der Waals surface area contributed by atoms with Crippen molar-refractivity contribution >= 4 is 5.69 Å². The lowest BCUT2D eigenvalue weighted by atomic mass is 10.1. The molecule has 0 atom stereocenters. The van der Waals surface area contributed by atoms with Crippen LogP contribution in [0.3, 0.4) is 0 Å². The van der Waals surface area contributed by atoms with Gasteiger partial charge in [0.25, 0.3) is 0 Å². The van der Waals surface area contributed by atoms with Gasteiger partial charge in [0.2, 0.25) is 0 Å². The molecule has 0 amide bonds. The second-order valence-corrected chi connectivity index (χ2v) is 4.47. The van der Waals surface area contributed by atoms with E-state index in [9.17, 15) is 0 Å². The lowest BCUT2D eigenvalue weighted by Crippen LogP contribution is -2.03. The summed E-state index contributed by atoms with van der Waals surface area (Å²) in [5.74, 6) is 0.869. The van der Waals surface area contributed by atoms with E-state index in [1.165, 1.54) is 11.1 Å². The minimum atomic E-state index is 0.744. The number of aryl methyl sites for hydroxylation is 3. The summed E-state index contributed by atoms with van der Waals surface area (Å²) in [5, 5.41) is 10.6. The van der Waals surface area contributed by atoms with Crippen molar-refractivity contribution in [3.63, 3.8) is 0 Å². The number of ether oxygens (including phenoxy) is 1. The van der Waals surface area contributed by atoms with Gasteiger partial charge in [0.15, 0.2) is 0 Å². The second-order valence-electron chi connectivity index (χ2n) is 4.47. The number of nitrogens with zero attached hydrogens (tertiary/aromatic N) is 1. The summed E-state index contributed by atoms with van der Waals surface area (Å²) < 4.78 is 5.37. The van der Waals surface area contributed by atoms with Crippen molar-refractivity contribution in [3.05, 3.63) is 40.7 Å².